The molecule has 0 amide bonds. The first-order chi connectivity index (χ1) is 13.3. The van der Waals surface area contributed by atoms with E-state index in [9.17, 15) is 4.79 Å². The Bertz CT molecular complexity index is 421. The molecule has 5 atom stereocenters. The Morgan fingerprint density at radius 2 is 1.68 bits per heavy atom. The van der Waals surface area contributed by atoms with Crippen LogP contribution in [0, 0.1) is 17.8 Å². The minimum atomic E-state index is -0.201. The van der Waals surface area contributed by atoms with E-state index >= 15 is 0 Å². The molecule has 0 aromatic heterocycles. The Kier molecular flexibility index (Phi) is 13.8. The Morgan fingerprint density at radius 1 is 1.07 bits per heavy atom. The molecular weight excluding hydrogens is 395 g/mol. The highest BCUT2D eigenvalue weighted by molar-refractivity contribution is 6.20. The maximum absolute atomic E-state index is 12.3. The highest BCUT2D eigenvalue weighted by atomic mass is 35.5. The van der Waals surface area contributed by atoms with Gasteiger partial charge in [-0.1, -0.05) is 65.7 Å². The zero-order chi connectivity index (χ0) is 20.9. The van der Waals surface area contributed by atoms with Gasteiger partial charge in [-0.15, -0.1) is 23.2 Å². The van der Waals surface area contributed by atoms with Gasteiger partial charge in [0.05, 0.1) is 17.5 Å². The summed E-state index contributed by atoms with van der Waals surface area (Å²) < 4.78 is 5.81. The highest BCUT2D eigenvalue weighted by Gasteiger charge is 2.33. The predicted molar refractivity (Wildman–Crippen MR) is 120 cm³/mol. The van der Waals surface area contributed by atoms with E-state index in [0.29, 0.717) is 17.8 Å². The summed E-state index contributed by atoms with van der Waals surface area (Å²) >= 11 is 12.1. The molecule has 166 valence electrons. The van der Waals surface area contributed by atoms with Crippen LogP contribution in [0.1, 0.15) is 91.4 Å². The topological polar surface area (TPSA) is 64.3 Å². The van der Waals surface area contributed by atoms with Gasteiger partial charge < -0.3 is 10.5 Å². The molecular formula is C22H42Cl2N2O2. The van der Waals surface area contributed by atoms with E-state index < -0.39 is 0 Å². The van der Waals surface area contributed by atoms with Crippen molar-refractivity contribution in [3.63, 3.8) is 0 Å². The van der Waals surface area contributed by atoms with Gasteiger partial charge >= 0.3 is 5.97 Å². The summed E-state index contributed by atoms with van der Waals surface area (Å²) in [6.07, 6.45) is 12.1. The summed E-state index contributed by atoms with van der Waals surface area (Å²) in [5, 5.41) is 3.11. The standard InChI is InChI=1S/C22H42Cl2N2O2/c1-16(2)18-13-12-17(3)14-19(18)28-22(27)15-26-21(24)11-9-7-5-4-6-8-10-20(23)25/h16-21,26H,4-15,25H2,1-3H3. The van der Waals surface area contributed by atoms with Crippen molar-refractivity contribution in [2.75, 3.05) is 6.54 Å². The van der Waals surface area contributed by atoms with Crippen LogP contribution in [0.25, 0.3) is 0 Å². The predicted octanol–water partition coefficient (Wildman–Crippen LogP) is 5.79. The third-order valence-electron chi connectivity index (χ3n) is 5.90. The Labute approximate surface area is 182 Å². The van der Waals surface area contributed by atoms with Gasteiger partial charge in [-0.3, -0.25) is 10.1 Å². The molecule has 0 heterocycles. The number of esters is 1. The minimum absolute atomic E-state index is 0.0557. The summed E-state index contributed by atoms with van der Waals surface area (Å²) in [6, 6.07) is 0. The monoisotopic (exact) mass is 436 g/mol. The van der Waals surface area contributed by atoms with Gasteiger partial charge in [-0.25, -0.2) is 0 Å². The first-order valence-electron chi connectivity index (χ1n) is 11.3. The molecule has 0 radical (unpaired) electrons. The number of nitrogens with two attached hydrogens (primary N) is 1. The van der Waals surface area contributed by atoms with Gasteiger partial charge in [0.25, 0.3) is 0 Å². The van der Waals surface area contributed by atoms with Crippen LogP contribution in [0.2, 0.25) is 0 Å². The van der Waals surface area contributed by atoms with Crippen LogP contribution in [0.15, 0.2) is 0 Å². The fraction of sp³-hybridized carbons (Fsp3) is 0.955. The van der Waals surface area contributed by atoms with Crippen molar-refractivity contribution in [3.8, 4) is 0 Å². The van der Waals surface area contributed by atoms with Crippen LogP contribution in [0.4, 0.5) is 0 Å². The second-order valence-corrected chi connectivity index (χ2v) is 10.0. The quantitative estimate of drug-likeness (QED) is 0.156. The number of alkyl halides is 2. The van der Waals surface area contributed by atoms with Crippen molar-refractivity contribution in [1.82, 2.24) is 5.32 Å². The van der Waals surface area contributed by atoms with E-state index in [4.69, 9.17) is 33.7 Å². The van der Waals surface area contributed by atoms with Crippen LogP contribution in [0.5, 0.6) is 0 Å². The molecule has 0 aromatic rings. The molecule has 0 aliphatic heterocycles. The average Bonchev–Trinajstić information content (AvgIpc) is 2.61. The van der Waals surface area contributed by atoms with Crippen LogP contribution in [-0.2, 0) is 9.53 Å². The molecule has 4 nitrogen and oxygen atoms in total. The summed E-state index contributed by atoms with van der Waals surface area (Å²) in [4.78, 5) is 12.3. The second kappa shape index (κ2) is 14.9. The molecule has 1 rings (SSSR count). The molecule has 0 saturated heterocycles. The average molecular weight is 437 g/mol. The second-order valence-electron chi connectivity index (χ2n) is 8.92. The molecule has 5 unspecified atom stereocenters. The lowest BCUT2D eigenvalue weighted by Gasteiger charge is -2.36. The van der Waals surface area contributed by atoms with Crippen molar-refractivity contribution >= 4 is 29.2 Å². The van der Waals surface area contributed by atoms with Gasteiger partial charge in [0.2, 0.25) is 0 Å². The Hall–Kier alpha value is -0.0300. The number of hydrogen-bond acceptors (Lipinski definition) is 4. The van der Waals surface area contributed by atoms with Crippen LogP contribution >= 0.6 is 23.2 Å². The fourth-order valence-electron chi connectivity index (χ4n) is 4.13. The lowest BCUT2D eigenvalue weighted by atomic mass is 9.75. The largest absolute Gasteiger partial charge is 0.461 e. The number of halogens is 2. The zero-order valence-corrected chi connectivity index (χ0v) is 19.6. The molecule has 28 heavy (non-hydrogen) atoms. The Morgan fingerprint density at radius 3 is 2.29 bits per heavy atom. The van der Waals surface area contributed by atoms with Crippen molar-refractivity contribution in [2.24, 2.45) is 23.5 Å². The number of unbranched alkanes of at least 4 members (excludes halogenated alkanes) is 5. The molecule has 3 N–H and O–H groups in total. The lowest BCUT2D eigenvalue weighted by molar-refractivity contribution is -0.154. The molecule has 0 aromatic carbocycles. The number of carbonyl (C=O) groups is 1. The molecule has 6 heteroatoms. The SMILES string of the molecule is CC1CCC(C(C)C)C(OC(=O)CNC(Cl)CCCCCCCCC(N)Cl)C1. The lowest BCUT2D eigenvalue weighted by Crippen LogP contribution is -2.39. The molecule has 1 fully saturated rings. The first kappa shape index (κ1) is 26.0. The van der Waals surface area contributed by atoms with Crippen molar-refractivity contribution in [1.29, 1.82) is 0 Å². The summed E-state index contributed by atoms with van der Waals surface area (Å²) in [7, 11) is 0. The smallest absolute Gasteiger partial charge is 0.320 e. The fourth-order valence-corrected chi connectivity index (χ4v) is 4.51. The van der Waals surface area contributed by atoms with Crippen molar-refractivity contribution in [3.05, 3.63) is 0 Å². The number of carbonyl (C=O) groups excluding carboxylic acids is 1. The summed E-state index contributed by atoms with van der Waals surface area (Å²) in [6.45, 7) is 6.89. The number of ether oxygens (including phenoxy) is 1. The van der Waals surface area contributed by atoms with E-state index in [0.717, 1.165) is 44.9 Å². The highest BCUT2D eigenvalue weighted by Crippen LogP contribution is 2.35. The van der Waals surface area contributed by atoms with Gasteiger partial charge in [0.1, 0.15) is 6.10 Å². The zero-order valence-electron chi connectivity index (χ0n) is 18.1. The van der Waals surface area contributed by atoms with Crippen molar-refractivity contribution in [2.45, 2.75) is 109 Å². The maximum Gasteiger partial charge on any atom is 0.320 e. The normalized spacial score (nSPS) is 24.9. The summed E-state index contributed by atoms with van der Waals surface area (Å²) in [5.74, 6) is 1.49. The van der Waals surface area contributed by atoms with Crippen molar-refractivity contribution < 1.29 is 9.53 Å². The van der Waals surface area contributed by atoms with Crippen LogP contribution in [0.3, 0.4) is 0 Å². The molecule has 1 saturated carbocycles. The number of rotatable bonds is 14. The van der Waals surface area contributed by atoms with E-state index in [1.54, 1.807) is 0 Å². The third kappa shape index (κ3) is 11.8. The third-order valence-corrected chi connectivity index (χ3v) is 6.49. The molecule has 0 bridgehead atoms. The minimum Gasteiger partial charge on any atom is -0.461 e. The summed E-state index contributed by atoms with van der Waals surface area (Å²) in [5.41, 5.74) is 5.15. The van der Waals surface area contributed by atoms with Crippen LogP contribution in [-0.4, -0.2) is 29.6 Å². The molecule has 1 aliphatic rings. The van der Waals surface area contributed by atoms with E-state index in [1.807, 2.05) is 0 Å². The van der Waals surface area contributed by atoms with E-state index in [1.165, 1.54) is 25.7 Å². The number of nitrogens with one attached hydrogen (secondary N) is 1. The van der Waals surface area contributed by atoms with Gasteiger partial charge in [0.15, 0.2) is 0 Å². The molecule has 0 spiro atoms. The molecule has 1 aliphatic carbocycles. The first-order valence-corrected chi connectivity index (χ1v) is 12.1. The van der Waals surface area contributed by atoms with Crippen LogP contribution < -0.4 is 11.1 Å². The number of hydrogen-bond donors (Lipinski definition) is 2. The van der Waals surface area contributed by atoms with Gasteiger partial charge in [-0.2, -0.15) is 0 Å². The van der Waals surface area contributed by atoms with Gasteiger partial charge in [0, 0.05) is 0 Å². The Balaban J connectivity index is 2.10. The van der Waals surface area contributed by atoms with E-state index in [-0.39, 0.29) is 29.6 Å². The maximum atomic E-state index is 12.3. The van der Waals surface area contributed by atoms with E-state index in [2.05, 4.69) is 26.1 Å². The van der Waals surface area contributed by atoms with Gasteiger partial charge in [-0.05, 0) is 43.4 Å².